The number of hydrogen-bond acceptors (Lipinski definition) is 2. The number of amides is 1. The van der Waals surface area contributed by atoms with Gasteiger partial charge >= 0.3 is 12.1 Å². The van der Waals surface area contributed by atoms with E-state index in [1.165, 1.54) is 19.9 Å². The van der Waals surface area contributed by atoms with Crippen molar-refractivity contribution in [3.05, 3.63) is 29.3 Å². The van der Waals surface area contributed by atoms with E-state index < -0.39 is 35.5 Å². The zero-order chi connectivity index (χ0) is 16.4. The molecule has 1 aromatic carbocycles. The van der Waals surface area contributed by atoms with Gasteiger partial charge in [-0.25, -0.2) is 0 Å². The van der Waals surface area contributed by atoms with Crippen LogP contribution in [0, 0.1) is 18.8 Å². The lowest BCUT2D eigenvalue weighted by Gasteiger charge is -2.17. The van der Waals surface area contributed by atoms with E-state index in [0.717, 1.165) is 12.1 Å². The first-order valence-electron chi connectivity index (χ1n) is 6.25. The fraction of sp³-hybridized carbons (Fsp3) is 0.429. The minimum Gasteiger partial charge on any atom is -0.481 e. The van der Waals surface area contributed by atoms with Crippen LogP contribution >= 0.6 is 0 Å². The molecule has 21 heavy (non-hydrogen) atoms. The maximum Gasteiger partial charge on any atom is 0.416 e. The van der Waals surface area contributed by atoms with Gasteiger partial charge in [-0.15, -0.1) is 0 Å². The van der Waals surface area contributed by atoms with Crippen molar-refractivity contribution < 1.29 is 27.9 Å². The molecule has 0 radical (unpaired) electrons. The molecular weight excluding hydrogens is 287 g/mol. The van der Waals surface area contributed by atoms with Gasteiger partial charge in [-0.2, -0.15) is 13.2 Å². The monoisotopic (exact) mass is 303 g/mol. The lowest BCUT2D eigenvalue weighted by atomic mass is 9.95. The maximum atomic E-state index is 12.6. The van der Waals surface area contributed by atoms with Crippen LogP contribution in [-0.4, -0.2) is 17.0 Å². The number of aryl methyl sites for hydroxylation is 1. The van der Waals surface area contributed by atoms with Gasteiger partial charge < -0.3 is 10.4 Å². The maximum absolute atomic E-state index is 12.6. The van der Waals surface area contributed by atoms with Gasteiger partial charge in [0.05, 0.1) is 11.5 Å². The minimum atomic E-state index is -4.51. The van der Waals surface area contributed by atoms with Crippen molar-refractivity contribution in [3.8, 4) is 0 Å². The number of anilines is 1. The van der Waals surface area contributed by atoms with Crippen molar-refractivity contribution in [2.75, 3.05) is 5.32 Å². The zero-order valence-electron chi connectivity index (χ0n) is 11.8. The molecule has 0 heterocycles. The third-order valence-corrected chi connectivity index (χ3v) is 3.38. The SMILES string of the molecule is Cc1ccc(C(F)(F)F)cc1NC(=O)C(C)C(C)C(=O)O. The fourth-order valence-electron chi connectivity index (χ4n) is 1.62. The van der Waals surface area contributed by atoms with Crippen molar-refractivity contribution >= 4 is 17.6 Å². The second kappa shape index (κ2) is 6.15. The van der Waals surface area contributed by atoms with E-state index in [2.05, 4.69) is 5.32 Å². The summed E-state index contributed by atoms with van der Waals surface area (Å²) in [5.41, 5.74) is -0.381. The Morgan fingerprint density at radius 3 is 2.24 bits per heavy atom. The van der Waals surface area contributed by atoms with Gasteiger partial charge in [0.2, 0.25) is 5.91 Å². The zero-order valence-corrected chi connectivity index (χ0v) is 11.8. The smallest absolute Gasteiger partial charge is 0.416 e. The first kappa shape index (κ1) is 17.0. The van der Waals surface area contributed by atoms with E-state index in [1.54, 1.807) is 6.92 Å². The van der Waals surface area contributed by atoms with Crippen molar-refractivity contribution in [1.29, 1.82) is 0 Å². The summed E-state index contributed by atoms with van der Waals surface area (Å²) < 4.78 is 37.9. The highest BCUT2D eigenvalue weighted by atomic mass is 19.4. The first-order chi connectivity index (χ1) is 9.54. The third kappa shape index (κ3) is 4.21. The van der Waals surface area contributed by atoms with E-state index in [9.17, 15) is 22.8 Å². The van der Waals surface area contributed by atoms with Crippen molar-refractivity contribution in [2.45, 2.75) is 26.9 Å². The lowest BCUT2D eigenvalue weighted by Crippen LogP contribution is -2.30. The van der Waals surface area contributed by atoms with E-state index in [-0.39, 0.29) is 5.69 Å². The standard InChI is InChI=1S/C14H16F3NO3/c1-7-4-5-10(14(15,16)17)6-11(7)18-12(19)8(2)9(3)13(20)21/h4-6,8-9H,1-3H3,(H,18,19)(H,20,21). The molecule has 2 N–H and O–H groups in total. The van der Waals surface area contributed by atoms with Crippen LogP contribution in [0.15, 0.2) is 18.2 Å². The molecule has 0 aliphatic rings. The van der Waals surface area contributed by atoms with E-state index in [1.807, 2.05) is 0 Å². The number of halogens is 3. The molecule has 0 aliphatic carbocycles. The van der Waals surface area contributed by atoms with Gasteiger partial charge in [0.25, 0.3) is 0 Å². The van der Waals surface area contributed by atoms with Crippen LogP contribution in [0.3, 0.4) is 0 Å². The molecule has 7 heteroatoms. The number of nitrogens with one attached hydrogen (secondary N) is 1. The van der Waals surface area contributed by atoms with Gasteiger partial charge in [0.15, 0.2) is 0 Å². The Morgan fingerprint density at radius 1 is 1.19 bits per heavy atom. The molecule has 4 nitrogen and oxygen atoms in total. The van der Waals surface area contributed by atoms with Gasteiger partial charge in [-0.3, -0.25) is 9.59 Å². The number of carboxylic acid groups (broad SMARTS) is 1. The summed E-state index contributed by atoms with van der Waals surface area (Å²) in [6.45, 7) is 4.34. The molecule has 0 saturated heterocycles. The Morgan fingerprint density at radius 2 is 1.76 bits per heavy atom. The highest BCUT2D eigenvalue weighted by molar-refractivity contribution is 5.95. The fourth-order valence-corrected chi connectivity index (χ4v) is 1.62. The van der Waals surface area contributed by atoms with E-state index in [0.29, 0.717) is 5.56 Å². The molecule has 0 fully saturated rings. The molecule has 1 amide bonds. The van der Waals surface area contributed by atoms with Crippen molar-refractivity contribution in [2.24, 2.45) is 11.8 Å². The van der Waals surface area contributed by atoms with E-state index >= 15 is 0 Å². The van der Waals surface area contributed by atoms with Crippen molar-refractivity contribution in [3.63, 3.8) is 0 Å². The second-order valence-electron chi connectivity index (χ2n) is 4.93. The molecule has 2 atom stereocenters. The van der Waals surface area contributed by atoms with Gasteiger partial charge in [0, 0.05) is 11.6 Å². The molecule has 2 unspecified atom stereocenters. The van der Waals surface area contributed by atoms with Crippen LogP contribution in [0.1, 0.15) is 25.0 Å². The predicted octanol–water partition coefficient (Wildman–Crippen LogP) is 3.31. The summed E-state index contributed by atoms with van der Waals surface area (Å²) in [6, 6.07) is 3.02. The molecule has 0 aromatic heterocycles. The number of rotatable bonds is 4. The summed E-state index contributed by atoms with van der Waals surface area (Å²) in [4.78, 5) is 22.7. The Balaban J connectivity index is 2.97. The molecule has 0 spiro atoms. The van der Waals surface area contributed by atoms with Crippen LogP contribution < -0.4 is 5.32 Å². The molecule has 1 rings (SSSR count). The highest BCUT2D eigenvalue weighted by Gasteiger charge is 2.31. The normalized spacial score (nSPS) is 14.4. The molecule has 0 aliphatic heterocycles. The Hall–Kier alpha value is -2.05. The summed E-state index contributed by atoms with van der Waals surface area (Å²) in [7, 11) is 0. The number of hydrogen-bond donors (Lipinski definition) is 2. The first-order valence-corrected chi connectivity index (χ1v) is 6.25. The number of carbonyl (C=O) groups excluding carboxylic acids is 1. The topological polar surface area (TPSA) is 66.4 Å². The Kier molecular flexibility index (Phi) is 4.98. The number of benzene rings is 1. The van der Waals surface area contributed by atoms with Crippen LogP contribution in [-0.2, 0) is 15.8 Å². The molecular formula is C14H16F3NO3. The average molecular weight is 303 g/mol. The average Bonchev–Trinajstić information content (AvgIpc) is 2.37. The second-order valence-corrected chi connectivity index (χ2v) is 4.93. The number of alkyl halides is 3. The predicted molar refractivity (Wildman–Crippen MR) is 70.8 cm³/mol. The van der Waals surface area contributed by atoms with Gasteiger partial charge in [0.1, 0.15) is 0 Å². The number of carboxylic acids is 1. The minimum absolute atomic E-state index is 0.0271. The lowest BCUT2D eigenvalue weighted by molar-refractivity contribution is -0.145. The third-order valence-electron chi connectivity index (χ3n) is 3.38. The summed E-state index contributed by atoms with van der Waals surface area (Å²) >= 11 is 0. The van der Waals surface area contributed by atoms with Crippen molar-refractivity contribution in [1.82, 2.24) is 0 Å². The molecule has 1 aromatic rings. The summed E-state index contributed by atoms with van der Waals surface area (Å²) in [6.07, 6.45) is -4.51. The molecule has 0 saturated carbocycles. The van der Waals surface area contributed by atoms with Crippen LogP contribution in [0.5, 0.6) is 0 Å². The highest BCUT2D eigenvalue weighted by Crippen LogP contribution is 2.32. The molecule has 0 bridgehead atoms. The number of carbonyl (C=O) groups is 2. The van der Waals surface area contributed by atoms with Crippen LogP contribution in [0.4, 0.5) is 18.9 Å². The van der Waals surface area contributed by atoms with Gasteiger partial charge in [-0.1, -0.05) is 19.9 Å². The Labute approximate surface area is 120 Å². The number of aliphatic carboxylic acids is 1. The van der Waals surface area contributed by atoms with Crippen LogP contribution in [0.2, 0.25) is 0 Å². The Bertz CT molecular complexity index is 555. The van der Waals surface area contributed by atoms with E-state index in [4.69, 9.17) is 5.11 Å². The quantitative estimate of drug-likeness (QED) is 0.896. The molecule has 116 valence electrons. The van der Waals surface area contributed by atoms with Gasteiger partial charge in [-0.05, 0) is 24.6 Å². The summed E-state index contributed by atoms with van der Waals surface area (Å²) in [5.74, 6) is -3.57. The summed E-state index contributed by atoms with van der Waals surface area (Å²) in [5, 5.41) is 11.2. The largest absolute Gasteiger partial charge is 0.481 e. The van der Waals surface area contributed by atoms with Crippen LogP contribution in [0.25, 0.3) is 0 Å².